The molecule has 7 heteroatoms. The Morgan fingerprint density at radius 2 is 1.65 bits per heavy atom. The van der Waals surface area contributed by atoms with Crippen LogP contribution in [0.4, 0.5) is 0 Å². The average Bonchev–Trinajstić information content (AvgIpc) is 2.62. The summed E-state index contributed by atoms with van der Waals surface area (Å²) in [6, 6.07) is 13.3. The number of methoxy groups -OCH3 is 1. The van der Waals surface area contributed by atoms with Crippen molar-refractivity contribution in [2.45, 2.75) is 31.3 Å². The highest BCUT2D eigenvalue weighted by atomic mass is 32.2. The lowest BCUT2D eigenvalue weighted by Gasteiger charge is -2.31. The number of aromatic hydroxyl groups is 1. The molecule has 0 aliphatic rings. The van der Waals surface area contributed by atoms with Crippen molar-refractivity contribution in [3.05, 3.63) is 60.2 Å². The molecule has 0 aromatic heterocycles. The van der Waals surface area contributed by atoms with E-state index in [2.05, 4.69) is 0 Å². The molecule has 0 heterocycles. The number of benzene rings is 2. The minimum Gasteiger partial charge on any atom is -0.508 e. The van der Waals surface area contributed by atoms with E-state index in [0.717, 1.165) is 9.87 Å². The van der Waals surface area contributed by atoms with Crippen LogP contribution in [-0.2, 0) is 26.1 Å². The van der Waals surface area contributed by atoms with Crippen molar-refractivity contribution in [1.29, 1.82) is 0 Å². The van der Waals surface area contributed by atoms with Gasteiger partial charge >= 0.3 is 5.97 Å². The first-order valence-corrected chi connectivity index (χ1v) is 9.64. The van der Waals surface area contributed by atoms with Gasteiger partial charge in [0.05, 0.1) is 12.0 Å². The van der Waals surface area contributed by atoms with E-state index >= 15 is 0 Å². The number of hydrogen-bond acceptors (Lipinski definition) is 5. The summed E-state index contributed by atoms with van der Waals surface area (Å²) >= 11 is 0. The van der Waals surface area contributed by atoms with E-state index in [1.54, 1.807) is 26.0 Å². The van der Waals surface area contributed by atoms with Gasteiger partial charge in [-0.05, 0) is 35.7 Å². The van der Waals surface area contributed by atoms with E-state index in [1.807, 2.05) is 18.2 Å². The zero-order valence-electron chi connectivity index (χ0n) is 15.0. The molecule has 140 valence electrons. The molecule has 2 rings (SSSR count). The van der Waals surface area contributed by atoms with E-state index in [4.69, 9.17) is 4.74 Å². The molecule has 2 aromatic rings. The number of carbonyl (C=O) groups excluding carboxylic acids is 1. The molecule has 0 saturated heterocycles. The maximum atomic E-state index is 13.3. The summed E-state index contributed by atoms with van der Waals surface area (Å²) in [7, 11) is -2.75. The van der Waals surface area contributed by atoms with E-state index in [1.165, 1.54) is 31.4 Å². The Labute approximate surface area is 154 Å². The number of rotatable bonds is 7. The van der Waals surface area contributed by atoms with E-state index in [9.17, 15) is 18.3 Å². The summed E-state index contributed by atoms with van der Waals surface area (Å²) in [5.41, 5.74) is 0.754. The number of carbonyl (C=O) groups is 1. The van der Waals surface area contributed by atoms with Gasteiger partial charge in [-0.1, -0.05) is 44.2 Å². The quantitative estimate of drug-likeness (QED) is 0.750. The van der Waals surface area contributed by atoms with Crippen LogP contribution >= 0.6 is 0 Å². The molecule has 0 radical (unpaired) electrons. The zero-order chi connectivity index (χ0) is 19.3. The second-order valence-electron chi connectivity index (χ2n) is 6.24. The van der Waals surface area contributed by atoms with E-state index < -0.39 is 22.0 Å². The number of nitrogens with zero attached hydrogens (tertiary/aromatic N) is 1. The van der Waals surface area contributed by atoms with Crippen LogP contribution in [0.15, 0.2) is 59.5 Å². The van der Waals surface area contributed by atoms with Gasteiger partial charge in [-0.3, -0.25) is 4.79 Å². The minimum atomic E-state index is -3.99. The number of phenolic OH excluding ortho intramolecular Hbond substituents is 1. The van der Waals surface area contributed by atoms with E-state index in [0.29, 0.717) is 0 Å². The molecule has 1 atom stereocenters. The third-order valence-electron chi connectivity index (χ3n) is 4.01. The predicted molar refractivity (Wildman–Crippen MR) is 97.9 cm³/mol. The first-order chi connectivity index (χ1) is 12.3. The highest BCUT2D eigenvalue weighted by molar-refractivity contribution is 7.89. The van der Waals surface area contributed by atoms with Crippen LogP contribution < -0.4 is 0 Å². The number of ether oxygens (including phenoxy) is 1. The molecular weight excluding hydrogens is 354 g/mol. The summed E-state index contributed by atoms with van der Waals surface area (Å²) in [6.07, 6.45) is 0. The van der Waals surface area contributed by atoms with Gasteiger partial charge in [-0.15, -0.1) is 0 Å². The molecule has 26 heavy (non-hydrogen) atoms. The van der Waals surface area contributed by atoms with Crippen LogP contribution in [0.2, 0.25) is 0 Å². The Balaban J connectivity index is 2.54. The first-order valence-electron chi connectivity index (χ1n) is 8.20. The van der Waals surface area contributed by atoms with E-state index in [-0.39, 0.29) is 23.1 Å². The lowest BCUT2D eigenvalue weighted by atomic mass is 10.0. The van der Waals surface area contributed by atoms with Crippen molar-refractivity contribution in [3.8, 4) is 5.75 Å². The van der Waals surface area contributed by atoms with Crippen LogP contribution in [-0.4, -0.2) is 37.0 Å². The Hall–Kier alpha value is -2.38. The molecule has 0 amide bonds. The largest absolute Gasteiger partial charge is 0.508 e. The highest BCUT2D eigenvalue weighted by Gasteiger charge is 2.38. The van der Waals surface area contributed by atoms with Crippen molar-refractivity contribution in [3.63, 3.8) is 0 Å². The minimum absolute atomic E-state index is 0.000726. The summed E-state index contributed by atoms with van der Waals surface area (Å²) in [4.78, 5) is 12.3. The van der Waals surface area contributed by atoms with Crippen LogP contribution in [0.1, 0.15) is 19.4 Å². The standard InChI is InChI=1S/C19H23NO5S/c1-14(2)18(19(22)25-3)20(13-15-7-5-4-6-8-15)26(23,24)17-11-9-16(21)10-12-17/h4-12,14,18,21H,13H2,1-3H3/t18-/m1/s1. The summed E-state index contributed by atoms with van der Waals surface area (Å²) in [5, 5.41) is 9.44. The number of sulfonamides is 1. The lowest BCUT2D eigenvalue weighted by molar-refractivity contribution is -0.146. The second kappa shape index (κ2) is 8.33. The monoisotopic (exact) mass is 377 g/mol. The third-order valence-corrected chi connectivity index (χ3v) is 5.85. The topological polar surface area (TPSA) is 83.9 Å². The number of phenols is 1. The maximum absolute atomic E-state index is 13.3. The molecule has 1 N–H and O–H groups in total. The van der Waals surface area contributed by atoms with Gasteiger partial charge < -0.3 is 9.84 Å². The van der Waals surface area contributed by atoms with Crippen LogP contribution in [0.25, 0.3) is 0 Å². The third kappa shape index (κ3) is 4.42. The molecule has 0 unspecified atom stereocenters. The van der Waals surface area contributed by atoms with Gasteiger partial charge in [0.15, 0.2) is 0 Å². The first kappa shape index (κ1) is 19.9. The van der Waals surface area contributed by atoms with Crippen LogP contribution in [0.3, 0.4) is 0 Å². The zero-order valence-corrected chi connectivity index (χ0v) is 15.8. The number of esters is 1. The van der Waals surface area contributed by atoms with Crippen molar-refractivity contribution in [1.82, 2.24) is 4.31 Å². The van der Waals surface area contributed by atoms with Crippen molar-refractivity contribution >= 4 is 16.0 Å². The number of hydrogen-bond donors (Lipinski definition) is 1. The van der Waals surface area contributed by atoms with Gasteiger partial charge in [-0.2, -0.15) is 4.31 Å². The van der Waals surface area contributed by atoms with Crippen LogP contribution in [0, 0.1) is 5.92 Å². The Morgan fingerprint density at radius 3 is 2.15 bits per heavy atom. The SMILES string of the molecule is COC(=O)[C@@H](C(C)C)N(Cc1ccccc1)S(=O)(=O)c1ccc(O)cc1. The molecule has 0 aliphatic carbocycles. The van der Waals surface area contributed by atoms with Gasteiger partial charge in [0.2, 0.25) is 10.0 Å². The lowest BCUT2D eigenvalue weighted by Crippen LogP contribution is -2.48. The molecule has 0 aliphatic heterocycles. The summed E-state index contributed by atoms with van der Waals surface area (Å²) in [5.74, 6) is -0.941. The molecule has 0 spiro atoms. The molecule has 6 nitrogen and oxygen atoms in total. The molecule has 0 fully saturated rings. The molecule has 2 aromatic carbocycles. The normalized spacial score (nSPS) is 13.0. The summed E-state index contributed by atoms with van der Waals surface area (Å²) in [6.45, 7) is 3.57. The summed E-state index contributed by atoms with van der Waals surface area (Å²) < 4.78 is 32.5. The maximum Gasteiger partial charge on any atom is 0.324 e. The highest BCUT2D eigenvalue weighted by Crippen LogP contribution is 2.26. The fraction of sp³-hybridized carbons (Fsp3) is 0.316. The fourth-order valence-electron chi connectivity index (χ4n) is 2.69. The van der Waals surface area contributed by atoms with Crippen molar-refractivity contribution in [2.75, 3.05) is 7.11 Å². The average molecular weight is 377 g/mol. The molecule has 0 saturated carbocycles. The predicted octanol–water partition coefficient (Wildman–Crippen LogP) is 2.78. The Bertz CT molecular complexity index is 832. The van der Waals surface area contributed by atoms with Gasteiger partial charge in [0, 0.05) is 6.54 Å². The van der Waals surface area contributed by atoms with Crippen molar-refractivity contribution < 1.29 is 23.1 Å². The smallest absolute Gasteiger partial charge is 0.324 e. The Morgan fingerprint density at radius 1 is 1.08 bits per heavy atom. The van der Waals surface area contributed by atoms with Crippen molar-refractivity contribution in [2.24, 2.45) is 5.92 Å². The second-order valence-corrected chi connectivity index (χ2v) is 8.13. The van der Waals surface area contributed by atoms with Gasteiger partial charge in [-0.25, -0.2) is 8.42 Å². The Kier molecular flexibility index (Phi) is 6.39. The van der Waals surface area contributed by atoms with Crippen LogP contribution in [0.5, 0.6) is 5.75 Å². The fourth-order valence-corrected chi connectivity index (χ4v) is 4.39. The molecular formula is C19H23NO5S. The van der Waals surface area contributed by atoms with Gasteiger partial charge in [0.25, 0.3) is 0 Å². The van der Waals surface area contributed by atoms with Gasteiger partial charge in [0.1, 0.15) is 11.8 Å². The molecule has 0 bridgehead atoms.